The molecule has 4 nitrogen and oxygen atoms in total. The highest BCUT2D eigenvalue weighted by molar-refractivity contribution is 6.31. The Morgan fingerprint density at radius 3 is 2.38 bits per heavy atom. The van der Waals surface area contributed by atoms with Crippen LogP contribution in [0.4, 0.5) is 5.69 Å². The van der Waals surface area contributed by atoms with Crippen molar-refractivity contribution >= 4 is 34.1 Å². The van der Waals surface area contributed by atoms with Crippen molar-refractivity contribution in [2.24, 2.45) is 0 Å². The molecule has 0 spiro atoms. The van der Waals surface area contributed by atoms with Gasteiger partial charge in [-0.25, -0.2) is 0 Å². The van der Waals surface area contributed by atoms with Crippen molar-refractivity contribution in [3.05, 3.63) is 82.9 Å². The van der Waals surface area contributed by atoms with Crippen LogP contribution in [0.15, 0.2) is 66.7 Å². The summed E-state index contributed by atoms with van der Waals surface area (Å²) in [5.41, 5.74) is 5.69. The summed E-state index contributed by atoms with van der Waals surface area (Å²) >= 11 is 6.25. The molecule has 4 aromatic rings. The Bertz CT molecular complexity index is 1180. The molecule has 0 aliphatic rings. The van der Waals surface area contributed by atoms with Crippen molar-refractivity contribution in [3.63, 3.8) is 0 Å². The number of hydrogen-bond acceptors (Lipinski definition) is 2. The number of nitrogens with one attached hydrogen (secondary N) is 1. The number of benzene rings is 3. The third-order valence-corrected chi connectivity index (χ3v) is 5.19. The van der Waals surface area contributed by atoms with E-state index in [-0.39, 0.29) is 5.91 Å². The van der Waals surface area contributed by atoms with Crippen molar-refractivity contribution in [1.29, 1.82) is 0 Å². The Balaban J connectivity index is 1.74. The van der Waals surface area contributed by atoms with Crippen LogP contribution in [0.2, 0.25) is 5.02 Å². The van der Waals surface area contributed by atoms with Gasteiger partial charge in [0, 0.05) is 21.7 Å². The van der Waals surface area contributed by atoms with Crippen LogP contribution in [0, 0.1) is 13.8 Å². The third-order valence-electron chi connectivity index (χ3n) is 4.95. The average molecular weight is 404 g/mol. The fourth-order valence-electron chi connectivity index (χ4n) is 3.62. The van der Waals surface area contributed by atoms with Gasteiger partial charge >= 0.3 is 0 Å². The number of aromatic nitrogens is 2. The highest BCUT2D eigenvalue weighted by Gasteiger charge is 2.21. The number of nitrogens with zero attached hydrogens (tertiary/aromatic N) is 2. The van der Waals surface area contributed by atoms with Gasteiger partial charge in [-0.2, -0.15) is 5.10 Å². The molecule has 1 aromatic heterocycles. The lowest BCUT2D eigenvalue weighted by molar-refractivity contribution is -0.118. The first-order valence-electron chi connectivity index (χ1n) is 9.55. The number of fused-ring (bicyclic) bond motifs is 1. The Kier molecular flexibility index (Phi) is 5.12. The normalized spacial score (nSPS) is 12.1. The molecular weight excluding hydrogens is 382 g/mol. The predicted molar refractivity (Wildman–Crippen MR) is 119 cm³/mol. The van der Waals surface area contributed by atoms with Gasteiger partial charge in [0.2, 0.25) is 5.91 Å². The Hall–Kier alpha value is -3.11. The largest absolute Gasteiger partial charge is 0.324 e. The first-order valence-corrected chi connectivity index (χ1v) is 9.92. The molecule has 0 saturated heterocycles. The van der Waals surface area contributed by atoms with Gasteiger partial charge in [-0.3, -0.25) is 9.48 Å². The summed E-state index contributed by atoms with van der Waals surface area (Å²) in [6.45, 7) is 5.89. The van der Waals surface area contributed by atoms with Crippen LogP contribution in [0.5, 0.6) is 0 Å². The smallest absolute Gasteiger partial charge is 0.248 e. The Morgan fingerprint density at radius 1 is 1.00 bits per heavy atom. The molecule has 1 heterocycles. The van der Waals surface area contributed by atoms with Crippen LogP contribution >= 0.6 is 11.6 Å². The van der Waals surface area contributed by atoms with E-state index >= 15 is 0 Å². The van der Waals surface area contributed by atoms with Crippen LogP contribution in [0.3, 0.4) is 0 Å². The molecule has 3 aromatic carbocycles. The highest BCUT2D eigenvalue weighted by Crippen LogP contribution is 2.32. The number of carbonyl (C=O) groups is 1. The molecule has 5 heteroatoms. The SMILES string of the molecule is Cc1cc(C)cc(NC(=O)[C@@H](C)n2nc(-c3ccccc3)c3cc(Cl)ccc32)c1. The minimum Gasteiger partial charge on any atom is -0.324 e. The number of halogens is 1. The summed E-state index contributed by atoms with van der Waals surface area (Å²) in [6.07, 6.45) is 0. The van der Waals surface area contributed by atoms with Crippen LogP contribution in [0.1, 0.15) is 24.1 Å². The lowest BCUT2D eigenvalue weighted by Gasteiger charge is -2.15. The molecule has 1 N–H and O–H groups in total. The molecular formula is C24H22ClN3O. The molecule has 0 aliphatic carbocycles. The maximum Gasteiger partial charge on any atom is 0.248 e. The van der Waals surface area contributed by atoms with E-state index in [1.54, 1.807) is 4.68 Å². The molecule has 1 amide bonds. The van der Waals surface area contributed by atoms with Crippen LogP contribution in [-0.2, 0) is 4.79 Å². The zero-order valence-corrected chi connectivity index (χ0v) is 17.4. The van der Waals surface area contributed by atoms with Gasteiger partial charge in [-0.15, -0.1) is 0 Å². The standard InChI is InChI=1S/C24H22ClN3O/c1-15-11-16(2)13-20(12-15)26-24(29)17(3)28-22-10-9-19(25)14-21(22)23(27-28)18-7-5-4-6-8-18/h4-14,17H,1-3H3,(H,26,29)/t17-/m1/s1. The summed E-state index contributed by atoms with van der Waals surface area (Å²) in [5, 5.41) is 9.38. The zero-order valence-electron chi connectivity index (χ0n) is 16.6. The van der Waals surface area contributed by atoms with Crippen molar-refractivity contribution in [2.45, 2.75) is 26.8 Å². The van der Waals surface area contributed by atoms with Gasteiger partial charge in [-0.1, -0.05) is 48.0 Å². The van der Waals surface area contributed by atoms with E-state index in [1.165, 1.54) is 0 Å². The molecule has 0 aliphatic heterocycles. The highest BCUT2D eigenvalue weighted by atomic mass is 35.5. The van der Waals surface area contributed by atoms with Crippen LogP contribution in [-0.4, -0.2) is 15.7 Å². The minimum absolute atomic E-state index is 0.117. The fourth-order valence-corrected chi connectivity index (χ4v) is 3.79. The fraction of sp³-hybridized carbons (Fsp3) is 0.167. The molecule has 0 fully saturated rings. The van der Waals surface area contributed by atoms with Crippen molar-refractivity contribution < 1.29 is 4.79 Å². The summed E-state index contributed by atoms with van der Waals surface area (Å²) in [4.78, 5) is 13.0. The van der Waals surface area contributed by atoms with Gasteiger partial charge in [0.1, 0.15) is 11.7 Å². The maximum atomic E-state index is 13.0. The molecule has 146 valence electrons. The maximum absolute atomic E-state index is 13.0. The number of amides is 1. The summed E-state index contributed by atoms with van der Waals surface area (Å²) in [7, 11) is 0. The Morgan fingerprint density at radius 2 is 1.69 bits per heavy atom. The molecule has 0 bridgehead atoms. The number of aryl methyl sites for hydroxylation is 2. The molecule has 0 saturated carbocycles. The van der Waals surface area contributed by atoms with Gasteiger partial charge in [0.25, 0.3) is 0 Å². The number of carbonyl (C=O) groups excluding carboxylic acids is 1. The van der Waals surface area contributed by atoms with E-state index in [2.05, 4.69) is 11.4 Å². The van der Waals surface area contributed by atoms with E-state index in [0.29, 0.717) is 5.02 Å². The van der Waals surface area contributed by atoms with E-state index in [9.17, 15) is 4.79 Å². The number of rotatable bonds is 4. The second-order valence-electron chi connectivity index (χ2n) is 7.36. The van der Waals surface area contributed by atoms with Gasteiger partial charge < -0.3 is 5.32 Å². The van der Waals surface area contributed by atoms with Crippen molar-refractivity contribution in [2.75, 3.05) is 5.32 Å². The molecule has 0 unspecified atom stereocenters. The summed E-state index contributed by atoms with van der Waals surface area (Å²) in [5.74, 6) is -0.117. The predicted octanol–water partition coefficient (Wildman–Crippen LogP) is 6.17. The van der Waals surface area contributed by atoms with E-state index < -0.39 is 6.04 Å². The summed E-state index contributed by atoms with van der Waals surface area (Å²) in [6, 6.07) is 21.1. The molecule has 4 rings (SSSR count). The average Bonchev–Trinajstić information content (AvgIpc) is 3.05. The van der Waals surface area contributed by atoms with Crippen LogP contribution in [0.25, 0.3) is 22.2 Å². The van der Waals surface area contributed by atoms with Gasteiger partial charge in [0.15, 0.2) is 0 Å². The second-order valence-corrected chi connectivity index (χ2v) is 7.80. The quantitative estimate of drug-likeness (QED) is 0.442. The first-order chi connectivity index (χ1) is 13.9. The van der Waals surface area contributed by atoms with Crippen molar-refractivity contribution in [1.82, 2.24) is 9.78 Å². The monoisotopic (exact) mass is 403 g/mol. The Labute approximate surface area is 175 Å². The van der Waals surface area contributed by atoms with Crippen molar-refractivity contribution in [3.8, 4) is 11.3 Å². The minimum atomic E-state index is -0.489. The lowest BCUT2D eigenvalue weighted by atomic mass is 10.1. The molecule has 1 atom stereocenters. The van der Waals surface area contributed by atoms with Crippen LogP contribution < -0.4 is 5.32 Å². The first kappa shape index (κ1) is 19.2. The summed E-state index contributed by atoms with van der Waals surface area (Å²) < 4.78 is 1.77. The zero-order chi connectivity index (χ0) is 20.5. The van der Waals surface area contributed by atoms with Gasteiger partial charge in [0.05, 0.1) is 5.52 Å². The topological polar surface area (TPSA) is 46.9 Å². The third kappa shape index (κ3) is 3.89. The van der Waals surface area contributed by atoms with E-state index in [0.717, 1.165) is 39.0 Å². The molecule has 29 heavy (non-hydrogen) atoms. The number of anilines is 1. The van der Waals surface area contributed by atoms with E-state index in [1.807, 2.05) is 81.4 Å². The second kappa shape index (κ2) is 7.72. The van der Waals surface area contributed by atoms with E-state index in [4.69, 9.17) is 16.7 Å². The number of hydrogen-bond donors (Lipinski definition) is 1. The van der Waals surface area contributed by atoms with Gasteiger partial charge in [-0.05, 0) is 62.2 Å². The molecule has 0 radical (unpaired) electrons. The lowest BCUT2D eigenvalue weighted by Crippen LogP contribution is -2.24.